The third-order valence-corrected chi connectivity index (χ3v) is 7.74. The number of aromatic nitrogens is 1. The van der Waals surface area contributed by atoms with E-state index in [1.165, 1.54) is 35.5 Å². The molecule has 0 bridgehead atoms. The molecular weight excluding hydrogens is 452 g/mol. The van der Waals surface area contributed by atoms with Crippen LogP contribution in [0.2, 0.25) is 0 Å². The van der Waals surface area contributed by atoms with E-state index in [9.17, 15) is 23.3 Å². The SMILES string of the molecule is CCCN(CCC)S(=O)(=O)c1ccc2nc(NC(=O)c3cccc([N+](=O)[O-])c3C)sc2c1. The number of nitrogens with one attached hydrogen (secondary N) is 1. The first-order chi connectivity index (χ1) is 15.2. The van der Waals surface area contributed by atoms with Gasteiger partial charge in [-0.2, -0.15) is 4.31 Å². The number of amides is 1. The molecule has 1 aromatic heterocycles. The number of nitro groups is 1. The highest BCUT2D eigenvalue weighted by Gasteiger charge is 2.24. The number of anilines is 1. The van der Waals surface area contributed by atoms with Crippen LogP contribution >= 0.6 is 11.3 Å². The van der Waals surface area contributed by atoms with Gasteiger partial charge in [-0.15, -0.1) is 0 Å². The Kier molecular flexibility index (Phi) is 7.22. The van der Waals surface area contributed by atoms with Crippen molar-refractivity contribution >= 4 is 48.3 Å². The van der Waals surface area contributed by atoms with Crippen molar-refractivity contribution in [2.75, 3.05) is 18.4 Å². The minimum atomic E-state index is -3.63. The van der Waals surface area contributed by atoms with Crippen molar-refractivity contribution in [1.29, 1.82) is 0 Å². The molecule has 1 N–H and O–H groups in total. The van der Waals surface area contributed by atoms with Crippen molar-refractivity contribution in [2.24, 2.45) is 0 Å². The minimum Gasteiger partial charge on any atom is -0.298 e. The molecule has 1 amide bonds. The second-order valence-electron chi connectivity index (χ2n) is 7.21. The Labute approximate surface area is 190 Å². The number of benzene rings is 2. The Morgan fingerprint density at radius 2 is 1.88 bits per heavy atom. The lowest BCUT2D eigenvalue weighted by Crippen LogP contribution is -2.32. The molecule has 0 aliphatic heterocycles. The highest BCUT2D eigenvalue weighted by Crippen LogP contribution is 2.30. The van der Waals surface area contributed by atoms with Crippen LogP contribution in [0.3, 0.4) is 0 Å². The second kappa shape index (κ2) is 9.72. The molecule has 0 radical (unpaired) electrons. The van der Waals surface area contributed by atoms with Crippen LogP contribution in [0.4, 0.5) is 10.8 Å². The monoisotopic (exact) mass is 476 g/mol. The van der Waals surface area contributed by atoms with Crippen LogP contribution in [-0.4, -0.2) is 41.6 Å². The number of carbonyl (C=O) groups is 1. The van der Waals surface area contributed by atoms with Crippen LogP contribution in [0.5, 0.6) is 0 Å². The molecule has 2 aromatic carbocycles. The van der Waals surface area contributed by atoms with E-state index in [-0.39, 0.29) is 26.8 Å². The summed E-state index contributed by atoms with van der Waals surface area (Å²) in [7, 11) is -3.63. The topological polar surface area (TPSA) is 123 Å². The molecule has 0 atom stereocenters. The van der Waals surface area contributed by atoms with Crippen molar-refractivity contribution in [1.82, 2.24) is 9.29 Å². The van der Waals surface area contributed by atoms with Gasteiger partial charge in [-0.05, 0) is 44.0 Å². The summed E-state index contributed by atoms with van der Waals surface area (Å²) in [6.07, 6.45) is 1.44. The Hall–Kier alpha value is -2.89. The van der Waals surface area contributed by atoms with E-state index in [2.05, 4.69) is 10.3 Å². The van der Waals surface area contributed by atoms with Crippen LogP contribution in [0.1, 0.15) is 42.6 Å². The van der Waals surface area contributed by atoms with Crippen molar-refractivity contribution in [2.45, 2.75) is 38.5 Å². The number of thiazole rings is 1. The van der Waals surface area contributed by atoms with Crippen LogP contribution in [-0.2, 0) is 10.0 Å². The molecule has 0 unspecified atom stereocenters. The van der Waals surface area contributed by atoms with Gasteiger partial charge < -0.3 is 0 Å². The summed E-state index contributed by atoms with van der Waals surface area (Å²) in [6, 6.07) is 9.00. The Morgan fingerprint density at radius 3 is 2.50 bits per heavy atom. The van der Waals surface area contributed by atoms with Crippen molar-refractivity contribution in [3.8, 4) is 0 Å². The van der Waals surface area contributed by atoms with Gasteiger partial charge in [-0.3, -0.25) is 20.2 Å². The predicted molar refractivity (Wildman–Crippen MR) is 125 cm³/mol. The quantitative estimate of drug-likeness (QED) is 0.356. The number of hydrogen-bond acceptors (Lipinski definition) is 7. The molecule has 1 heterocycles. The molecule has 9 nitrogen and oxygen atoms in total. The summed E-state index contributed by atoms with van der Waals surface area (Å²) < 4.78 is 28.2. The van der Waals surface area contributed by atoms with Gasteiger partial charge in [0.15, 0.2) is 5.13 Å². The van der Waals surface area contributed by atoms with Crippen molar-refractivity contribution in [3.63, 3.8) is 0 Å². The van der Waals surface area contributed by atoms with Gasteiger partial charge in [-0.25, -0.2) is 13.4 Å². The van der Waals surface area contributed by atoms with Gasteiger partial charge in [0.05, 0.1) is 20.0 Å². The second-order valence-corrected chi connectivity index (χ2v) is 10.2. The summed E-state index contributed by atoms with van der Waals surface area (Å²) in [5.74, 6) is -0.518. The summed E-state index contributed by atoms with van der Waals surface area (Å²) >= 11 is 1.15. The Balaban J connectivity index is 1.89. The molecular formula is C21H24N4O5S2. The van der Waals surface area contributed by atoms with Crippen LogP contribution in [0, 0.1) is 17.0 Å². The molecule has 11 heteroatoms. The van der Waals surface area contributed by atoms with E-state index in [4.69, 9.17) is 0 Å². The van der Waals surface area contributed by atoms with E-state index in [1.54, 1.807) is 12.1 Å². The zero-order valence-electron chi connectivity index (χ0n) is 18.0. The fourth-order valence-corrected chi connectivity index (χ4v) is 5.98. The fourth-order valence-electron chi connectivity index (χ4n) is 3.35. The van der Waals surface area contributed by atoms with Crippen LogP contribution in [0.25, 0.3) is 10.2 Å². The van der Waals surface area contributed by atoms with Gasteiger partial charge in [-0.1, -0.05) is 31.3 Å². The lowest BCUT2D eigenvalue weighted by Gasteiger charge is -2.20. The van der Waals surface area contributed by atoms with E-state index >= 15 is 0 Å². The van der Waals surface area contributed by atoms with Gasteiger partial charge in [0, 0.05) is 30.3 Å². The predicted octanol–water partition coefficient (Wildman–Crippen LogP) is 4.58. The molecule has 3 aromatic rings. The average Bonchev–Trinajstić information content (AvgIpc) is 3.14. The molecule has 32 heavy (non-hydrogen) atoms. The number of sulfonamides is 1. The summed E-state index contributed by atoms with van der Waals surface area (Å²) in [4.78, 5) is 27.8. The Morgan fingerprint density at radius 1 is 1.19 bits per heavy atom. The lowest BCUT2D eigenvalue weighted by molar-refractivity contribution is -0.385. The minimum absolute atomic E-state index is 0.138. The molecule has 0 aliphatic rings. The van der Waals surface area contributed by atoms with Gasteiger partial charge in [0.2, 0.25) is 10.0 Å². The molecule has 0 spiro atoms. The maximum absolute atomic E-state index is 13.0. The summed E-state index contributed by atoms with van der Waals surface area (Å²) in [5, 5.41) is 14.1. The Bertz CT molecular complexity index is 1260. The number of rotatable bonds is 9. The highest BCUT2D eigenvalue weighted by atomic mass is 32.2. The van der Waals surface area contributed by atoms with E-state index in [0.29, 0.717) is 23.3 Å². The standard InChI is InChI=1S/C21H24N4O5S2/c1-4-11-24(12-5-2)32(29,30)15-9-10-17-19(13-15)31-21(22-17)23-20(26)16-7-6-8-18(14(16)3)25(27)28/h6-10,13H,4-5,11-12H2,1-3H3,(H,22,23,26). The number of nitro benzene ring substituents is 1. The average molecular weight is 477 g/mol. The largest absolute Gasteiger partial charge is 0.298 e. The molecule has 170 valence electrons. The third-order valence-electron chi connectivity index (χ3n) is 4.91. The number of fused-ring (bicyclic) bond motifs is 1. The zero-order valence-corrected chi connectivity index (χ0v) is 19.6. The first-order valence-corrected chi connectivity index (χ1v) is 12.4. The first kappa shape index (κ1) is 23.8. The van der Waals surface area contributed by atoms with Gasteiger partial charge in [0.1, 0.15) is 0 Å². The molecule has 0 fully saturated rings. The van der Waals surface area contributed by atoms with Crippen molar-refractivity contribution < 1.29 is 18.1 Å². The van der Waals surface area contributed by atoms with Gasteiger partial charge in [0.25, 0.3) is 11.6 Å². The first-order valence-electron chi connectivity index (χ1n) is 10.1. The molecule has 0 saturated carbocycles. The maximum Gasteiger partial charge on any atom is 0.273 e. The third kappa shape index (κ3) is 4.79. The highest BCUT2D eigenvalue weighted by molar-refractivity contribution is 7.89. The molecule has 0 saturated heterocycles. The van der Waals surface area contributed by atoms with Gasteiger partial charge >= 0.3 is 0 Å². The smallest absolute Gasteiger partial charge is 0.273 e. The van der Waals surface area contributed by atoms with E-state index < -0.39 is 20.9 Å². The maximum atomic E-state index is 13.0. The van der Waals surface area contributed by atoms with E-state index in [1.807, 2.05) is 13.8 Å². The number of nitrogens with zero attached hydrogens (tertiary/aromatic N) is 3. The van der Waals surface area contributed by atoms with Crippen molar-refractivity contribution in [3.05, 3.63) is 57.6 Å². The molecule has 0 aliphatic carbocycles. The lowest BCUT2D eigenvalue weighted by atomic mass is 10.1. The number of hydrogen-bond donors (Lipinski definition) is 1. The van der Waals surface area contributed by atoms with Crippen LogP contribution < -0.4 is 5.32 Å². The summed E-state index contributed by atoms with van der Waals surface area (Å²) in [6.45, 7) is 6.27. The zero-order chi connectivity index (χ0) is 23.5. The summed E-state index contributed by atoms with van der Waals surface area (Å²) in [5.41, 5.74) is 0.853. The van der Waals surface area contributed by atoms with Crippen LogP contribution in [0.15, 0.2) is 41.3 Å². The normalized spacial score (nSPS) is 11.8. The fraction of sp³-hybridized carbons (Fsp3) is 0.333. The number of carbonyl (C=O) groups excluding carboxylic acids is 1. The van der Waals surface area contributed by atoms with E-state index in [0.717, 1.165) is 24.2 Å². The molecule has 3 rings (SSSR count).